The average molecular weight is 300 g/mol. The first-order chi connectivity index (χ1) is 9.99. The van der Waals surface area contributed by atoms with Crippen LogP contribution in [0, 0.1) is 0 Å². The Morgan fingerprint density at radius 2 is 1.76 bits per heavy atom. The minimum atomic E-state index is 0.213. The van der Waals surface area contributed by atoms with E-state index < -0.39 is 0 Å². The minimum Gasteiger partial charge on any atom is -0.370 e. The molecule has 0 unspecified atom stereocenters. The smallest absolute Gasteiger partial charge is 0.126 e. The van der Waals surface area contributed by atoms with Gasteiger partial charge in [-0.2, -0.15) is 0 Å². The van der Waals surface area contributed by atoms with E-state index in [9.17, 15) is 0 Å². The Balaban J connectivity index is 1.98. The van der Waals surface area contributed by atoms with Crippen LogP contribution in [-0.4, -0.2) is 11.5 Å². The first kappa shape index (κ1) is 15.9. The van der Waals surface area contributed by atoms with Crippen molar-refractivity contribution in [3.05, 3.63) is 53.7 Å². The predicted molar refractivity (Wildman–Crippen MR) is 93.1 cm³/mol. The fourth-order valence-corrected chi connectivity index (χ4v) is 2.85. The molecule has 1 aromatic carbocycles. The highest BCUT2D eigenvalue weighted by molar-refractivity contribution is 7.98. The molecule has 112 valence electrons. The molecule has 0 fully saturated rings. The van der Waals surface area contributed by atoms with Crippen LogP contribution >= 0.6 is 11.8 Å². The van der Waals surface area contributed by atoms with Crippen LogP contribution in [0.3, 0.4) is 0 Å². The van der Waals surface area contributed by atoms with E-state index in [0.717, 1.165) is 23.8 Å². The number of pyridine rings is 1. The van der Waals surface area contributed by atoms with Gasteiger partial charge in [0.1, 0.15) is 5.82 Å². The molecular weight excluding hydrogens is 276 g/mol. The highest BCUT2D eigenvalue weighted by Gasteiger charge is 2.12. The molecule has 0 atom stereocenters. The van der Waals surface area contributed by atoms with E-state index in [1.54, 1.807) is 0 Å². The summed E-state index contributed by atoms with van der Waals surface area (Å²) in [5.74, 6) is 1.85. The maximum Gasteiger partial charge on any atom is 0.126 e. The first-order valence-electron chi connectivity index (χ1n) is 7.42. The second kappa shape index (κ2) is 6.99. The number of hydrogen-bond acceptors (Lipinski definition) is 3. The quantitative estimate of drug-likeness (QED) is 0.777. The van der Waals surface area contributed by atoms with Gasteiger partial charge in [-0.3, -0.25) is 0 Å². The predicted octanol–water partition coefficient (Wildman–Crippen LogP) is 5.10. The number of anilines is 1. The van der Waals surface area contributed by atoms with Crippen molar-refractivity contribution in [1.29, 1.82) is 0 Å². The monoisotopic (exact) mass is 300 g/mol. The summed E-state index contributed by atoms with van der Waals surface area (Å²) >= 11 is 1.83. The zero-order valence-electron chi connectivity index (χ0n) is 13.3. The van der Waals surface area contributed by atoms with Crippen molar-refractivity contribution in [2.75, 3.05) is 11.9 Å². The molecule has 0 amide bonds. The zero-order valence-corrected chi connectivity index (χ0v) is 14.1. The lowest BCUT2D eigenvalue weighted by Crippen LogP contribution is -2.10. The third-order valence-electron chi connectivity index (χ3n) is 3.27. The highest BCUT2D eigenvalue weighted by Crippen LogP contribution is 2.27. The molecule has 21 heavy (non-hydrogen) atoms. The van der Waals surface area contributed by atoms with Gasteiger partial charge in [-0.25, -0.2) is 4.98 Å². The molecule has 0 spiro atoms. The van der Waals surface area contributed by atoms with Crippen LogP contribution in [0.1, 0.15) is 39.0 Å². The van der Waals surface area contributed by atoms with Crippen LogP contribution in [0.5, 0.6) is 0 Å². The number of nitrogens with zero attached hydrogens (tertiary/aromatic N) is 1. The summed E-state index contributed by atoms with van der Waals surface area (Å²) in [6, 6.07) is 15.0. The van der Waals surface area contributed by atoms with Gasteiger partial charge in [0.15, 0.2) is 0 Å². The summed E-state index contributed by atoms with van der Waals surface area (Å²) in [7, 11) is 0. The molecule has 3 heteroatoms. The third-order valence-corrected chi connectivity index (χ3v) is 4.32. The molecule has 1 N–H and O–H groups in total. The fraction of sp³-hybridized carbons (Fsp3) is 0.389. The van der Waals surface area contributed by atoms with Crippen molar-refractivity contribution < 1.29 is 0 Å². The summed E-state index contributed by atoms with van der Waals surface area (Å²) in [5, 5.41) is 3.25. The summed E-state index contributed by atoms with van der Waals surface area (Å²) in [6.07, 6.45) is 0. The van der Waals surface area contributed by atoms with Gasteiger partial charge in [-0.05, 0) is 42.2 Å². The number of nitrogens with one attached hydrogen (secondary N) is 1. The lowest BCUT2D eigenvalue weighted by molar-refractivity contribution is 0.590. The fourth-order valence-electron chi connectivity index (χ4n) is 2.05. The number of benzene rings is 1. The normalized spacial score (nSPS) is 11.4. The molecule has 0 bridgehead atoms. The van der Waals surface area contributed by atoms with Gasteiger partial charge in [0.25, 0.3) is 0 Å². The van der Waals surface area contributed by atoms with Gasteiger partial charge in [-0.1, -0.05) is 39.0 Å². The maximum absolute atomic E-state index is 4.60. The summed E-state index contributed by atoms with van der Waals surface area (Å²) in [6.45, 7) is 9.71. The number of thioether (sulfide) groups is 1. The Morgan fingerprint density at radius 3 is 2.38 bits per heavy atom. The van der Waals surface area contributed by atoms with Gasteiger partial charge in [0.05, 0.1) is 5.69 Å². The molecular formula is C18H24N2S. The summed E-state index contributed by atoms with van der Waals surface area (Å²) in [4.78, 5) is 5.89. The Kier molecular flexibility index (Phi) is 5.29. The Hall–Kier alpha value is -1.48. The zero-order chi connectivity index (χ0) is 15.3. The second-order valence-electron chi connectivity index (χ2n) is 6.11. The lowest BCUT2D eigenvalue weighted by Gasteiger charge is -2.19. The molecule has 0 saturated carbocycles. The minimum absolute atomic E-state index is 0.213. The van der Waals surface area contributed by atoms with E-state index in [2.05, 4.69) is 74.4 Å². The topological polar surface area (TPSA) is 24.9 Å². The van der Waals surface area contributed by atoms with Gasteiger partial charge in [0.2, 0.25) is 0 Å². The van der Waals surface area contributed by atoms with E-state index in [1.165, 1.54) is 10.5 Å². The highest BCUT2D eigenvalue weighted by atomic mass is 32.2. The second-order valence-corrected chi connectivity index (χ2v) is 7.16. The summed E-state index contributed by atoms with van der Waals surface area (Å²) in [5.41, 5.74) is 2.70. The maximum atomic E-state index is 4.60. The van der Waals surface area contributed by atoms with Crippen LogP contribution in [-0.2, 0) is 11.2 Å². The Morgan fingerprint density at radius 1 is 1.05 bits per heavy atom. The molecule has 0 saturated heterocycles. The van der Waals surface area contributed by atoms with Crippen molar-refractivity contribution in [3.63, 3.8) is 0 Å². The van der Waals surface area contributed by atoms with Crippen molar-refractivity contribution in [2.24, 2.45) is 0 Å². The van der Waals surface area contributed by atoms with Crippen molar-refractivity contribution in [1.82, 2.24) is 4.98 Å². The molecule has 2 aromatic rings. The molecule has 2 nitrogen and oxygen atoms in total. The van der Waals surface area contributed by atoms with Crippen LogP contribution in [0.4, 0.5) is 5.82 Å². The number of rotatable bonds is 5. The van der Waals surface area contributed by atoms with E-state index in [-0.39, 0.29) is 5.41 Å². The van der Waals surface area contributed by atoms with Gasteiger partial charge < -0.3 is 5.32 Å². The van der Waals surface area contributed by atoms with Crippen LogP contribution in [0.2, 0.25) is 0 Å². The van der Waals surface area contributed by atoms with Gasteiger partial charge >= 0.3 is 0 Å². The largest absolute Gasteiger partial charge is 0.370 e. The first-order valence-corrected chi connectivity index (χ1v) is 8.41. The Labute approximate surface area is 132 Å². The van der Waals surface area contributed by atoms with E-state index in [0.29, 0.717) is 0 Å². The van der Waals surface area contributed by atoms with E-state index in [1.807, 2.05) is 17.8 Å². The standard InChI is InChI=1S/C18H24N2S/c1-5-19-17-8-6-7-15(20-17)13-21-16-11-9-14(10-12-16)18(2,3)4/h6-12H,5,13H2,1-4H3,(H,19,20). The van der Waals surface area contributed by atoms with Gasteiger partial charge in [-0.15, -0.1) is 11.8 Å². The summed E-state index contributed by atoms with van der Waals surface area (Å²) < 4.78 is 0. The van der Waals surface area contributed by atoms with Gasteiger partial charge in [0, 0.05) is 17.2 Å². The molecule has 0 radical (unpaired) electrons. The molecule has 1 heterocycles. The van der Waals surface area contributed by atoms with E-state index in [4.69, 9.17) is 0 Å². The molecule has 0 aliphatic heterocycles. The average Bonchev–Trinajstić information content (AvgIpc) is 2.45. The van der Waals surface area contributed by atoms with Crippen molar-refractivity contribution >= 4 is 17.6 Å². The van der Waals surface area contributed by atoms with E-state index >= 15 is 0 Å². The molecule has 0 aliphatic rings. The Bertz CT molecular complexity index is 571. The number of aromatic nitrogens is 1. The lowest BCUT2D eigenvalue weighted by atomic mass is 9.87. The van der Waals surface area contributed by atoms with Crippen LogP contribution in [0.15, 0.2) is 47.4 Å². The third kappa shape index (κ3) is 4.78. The molecule has 0 aliphatic carbocycles. The SMILES string of the molecule is CCNc1cccc(CSc2ccc(C(C)(C)C)cc2)n1. The van der Waals surface area contributed by atoms with Crippen LogP contribution in [0.25, 0.3) is 0 Å². The van der Waals surface area contributed by atoms with Crippen molar-refractivity contribution in [2.45, 2.75) is 43.8 Å². The van der Waals surface area contributed by atoms with Crippen LogP contribution < -0.4 is 5.32 Å². The number of hydrogen-bond donors (Lipinski definition) is 1. The molecule has 2 rings (SSSR count). The van der Waals surface area contributed by atoms with Crippen molar-refractivity contribution in [3.8, 4) is 0 Å². The molecule has 1 aromatic heterocycles.